The van der Waals surface area contributed by atoms with Crippen LogP contribution in [0.4, 0.5) is 0 Å². The largest absolute Gasteiger partial charge is 0.478 e. The minimum absolute atomic E-state index is 0.0290. The first-order valence-corrected chi connectivity index (χ1v) is 20.7. The maximum Gasteiger partial charge on any atom is 0.335 e. The van der Waals surface area contributed by atoms with E-state index in [1.807, 2.05) is 18.2 Å². The molecule has 0 spiro atoms. The third-order valence-electron chi connectivity index (χ3n) is 17.0. The lowest BCUT2D eigenvalue weighted by Gasteiger charge is -2.73. The number of carboxylic acids is 1. The first-order valence-electron chi connectivity index (χ1n) is 20.7. The fourth-order valence-corrected chi connectivity index (χ4v) is 14.1. The Hall–Kier alpha value is -3.45. The molecule has 0 aliphatic heterocycles. The van der Waals surface area contributed by atoms with Gasteiger partial charge in [-0.1, -0.05) is 71.0 Å². The molecule has 0 saturated heterocycles. The number of carbonyl (C=O) groups is 3. The van der Waals surface area contributed by atoms with Gasteiger partial charge in [0, 0.05) is 25.1 Å². The Morgan fingerprint density at radius 3 is 2.11 bits per heavy atom. The summed E-state index contributed by atoms with van der Waals surface area (Å²) in [7, 11) is 0. The van der Waals surface area contributed by atoms with E-state index in [1.165, 1.54) is 43.7 Å². The Bertz CT molecular complexity index is 1820. The topological polar surface area (TPSA) is 116 Å². The molecule has 7 rings (SSSR count). The zero-order valence-electron chi connectivity index (χ0n) is 33.6. The van der Waals surface area contributed by atoms with Crippen molar-refractivity contribution < 1.29 is 24.6 Å². The molecule has 0 heterocycles. The Labute approximate surface area is 323 Å². The van der Waals surface area contributed by atoms with Crippen LogP contribution in [0, 0.1) is 56.7 Å². The molecule has 5 aliphatic rings. The number of fused-ring (bicyclic) bond motifs is 7. The highest BCUT2D eigenvalue weighted by Gasteiger charge is 2.70. The van der Waals surface area contributed by atoms with Gasteiger partial charge in [0.1, 0.15) is 0 Å². The Morgan fingerprint density at radius 1 is 0.759 bits per heavy atom. The first kappa shape index (κ1) is 38.8. The second-order valence-corrected chi connectivity index (χ2v) is 19.8. The predicted octanol–water partition coefficient (Wildman–Crippen LogP) is 9.34. The molecule has 7 heteroatoms. The molecule has 2 amide bonds. The minimum atomic E-state index is -1.00. The molecule has 5 aliphatic carbocycles. The summed E-state index contributed by atoms with van der Waals surface area (Å²) in [6, 6.07) is 13.9. The monoisotopic (exact) mass is 736 g/mol. The summed E-state index contributed by atoms with van der Waals surface area (Å²) in [5.41, 5.74) is 4.14. The molecule has 5 fully saturated rings. The number of hydrogen-bond donors (Lipinski definition) is 4. The fraction of sp³-hybridized carbons (Fsp3) is 0.638. The minimum Gasteiger partial charge on any atom is -0.478 e. The SMILES string of the molecule is C=C(C)[C@@H]1CC[C@]2(CC(=O)NCc3cccc(C(=O)NCc4cccc(C(=O)O)c4)c3)CC[C@]3(C)C(CCC4[C@@]5(C)CC[C@H](O)C(C)(C)C5CC[C@]43C)C12. The van der Waals surface area contributed by atoms with Crippen LogP contribution in [0.5, 0.6) is 0 Å². The lowest BCUT2D eigenvalue weighted by Crippen LogP contribution is -2.66. The molecule has 292 valence electrons. The Morgan fingerprint density at radius 2 is 1.43 bits per heavy atom. The van der Waals surface area contributed by atoms with Gasteiger partial charge < -0.3 is 20.8 Å². The highest BCUT2D eigenvalue weighted by atomic mass is 16.4. The van der Waals surface area contributed by atoms with Gasteiger partial charge in [-0.05, 0) is 163 Å². The fourth-order valence-electron chi connectivity index (χ4n) is 14.1. The van der Waals surface area contributed by atoms with Crippen molar-refractivity contribution in [1.82, 2.24) is 10.6 Å². The summed E-state index contributed by atoms with van der Waals surface area (Å²) in [6.07, 6.45) is 11.7. The highest BCUT2D eigenvalue weighted by molar-refractivity contribution is 5.94. The normalized spacial score (nSPS) is 37.8. The summed E-state index contributed by atoms with van der Waals surface area (Å²) in [5, 5.41) is 26.6. The molecule has 2 aromatic rings. The van der Waals surface area contributed by atoms with E-state index in [0.29, 0.717) is 53.7 Å². The average Bonchev–Trinajstić information content (AvgIpc) is 3.51. The van der Waals surface area contributed by atoms with Gasteiger partial charge in [0.05, 0.1) is 11.7 Å². The van der Waals surface area contributed by atoms with Crippen molar-refractivity contribution in [3.63, 3.8) is 0 Å². The van der Waals surface area contributed by atoms with Crippen LogP contribution in [0.2, 0.25) is 0 Å². The maximum atomic E-state index is 14.0. The zero-order chi connectivity index (χ0) is 38.8. The molecule has 0 aromatic heterocycles. The van der Waals surface area contributed by atoms with E-state index in [1.54, 1.807) is 24.3 Å². The molecule has 54 heavy (non-hydrogen) atoms. The Balaban J connectivity index is 1.04. The number of hydrogen-bond acceptors (Lipinski definition) is 4. The van der Waals surface area contributed by atoms with E-state index in [4.69, 9.17) is 0 Å². The molecular formula is C47H64N2O5. The molecule has 0 radical (unpaired) electrons. The van der Waals surface area contributed by atoms with Crippen molar-refractivity contribution in [2.75, 3.05) is 0 Å². The molecule has 10 atom stereocenters. The van der Waals surface area contributed by atoms with Crippen LogP contribution in [-0.4, -0.2) is 34.1 Å². The van der Waals surface area contributed by atoms with E-state index >= 15 is 0 Å². The number of aromatic carboxylic acids is 1. The summed E-state index contributed by atoms with van der Waals surface area (Å²) < 4.78 is 0. The van der Waals surface area contributed by atoms with Crippen molar-refractivity contribution in [1.29, 1.82) is 0 Å². The van der Waals surface area contributed by atoms with E-state index in [2.05, 4.69) is 58.8 Å². The van der Waals surface area contributed by atoms with Gasteiger partial charge in [-0.2, -0.15) is 0 Å². The van der Waals surface area contributed by atoms with Crippen LogP contribution in [0.15, 0.2) is 60.7 Å². The third-order valence-corrected chi connectivity index (χ3v) is 17.0. The average molecular weight is 737 g/mol. The van der Waals surface area contributed by atoms with Crippen molar-refractivity contribution in [2.24, 2.45) is 56.7 Å². The number of aliphatic hydroxyl groups is 1. The van der Waals surface area contributed by atoms with Gasteiger partial charge in [-0.15, -0.1) is 0 Å². The lowest BCUT2D eigenvalue weighted by atomic mass is 9.32. The molecule has 4 N–H and O–H groups in total. The second-order valence-electron chi connectivity index (χ2n) is 19.8. The van der Waals surface area contributed by atoms with Crippen molar-refractivity contribution in [3.05, 3.63) is 82.9 Å². The Kier molecular flexibility index (Phi) is 10.0. The number of carboxylic acid groups (broad SMARTS) is 1. The van der Waals surface area contributed by atoms with Crippen LogP contribution in [-0.2, 0) is 17.9 Å². The highest BCUT2D eigenvalue weighted by Crippen LogP contribution is 2.77. The van der Waals surface area contributed by atoms with Crippen molar-refractivity contribution >= 4 is 17.8 Å². The van der Waals surface area contributed by atoms with Crippen molar-refractivity contribution in [3.8, 4) is 0 Å². The van der Waals surface area contributed by atoms with Crippen LogP contribution < -0.4 is 10.6 Å². The second kappa shape index (κ2) is 13.9. The van der Waals surface area contributed by atoms with Crippen LogP contribution in [0.3, 0.4) is 0 Å². The number of allylic oxidation sites excluding steroid dienone is 1. The van der Waals surface area contributed by atoms with Gasteiger partial charge in [0.15, 0.2) is 0 Å². The van der Waals surface area contributed by atoms with Crippen LogP contribution in [0.1, 0.15) is 144 Å². The number of amides is 2. The third kappa shape index (κ3) is 6.25. The van der Waals surface area contributed by atoms with E-state index < -0.39 is 5.97 Å². The summed E-state index contributed by atoms with van der Waals surface area (Å²) in [5.74, 6) is 1.51. The van der Waals surface area contributed by atoms with Gasteiger partial charge in [-0.3, -0.25) is 9.59 Å². The number of rotatable bonds is 9. The summed E-state index contributed by atoms with van der Waals surface area (Å²) in [6.45, 7) is 19.9. The quantitative estimate of drug-likeness (QED) is 0.192. The summed E-state index contributed by atoms with van der Waals surface area (Å²) >= 11 is 0. The standard InChI is InChI=1S/C47H64N2O5/c1-29(2)34-16-21-47(26-39(51)48-27-30-10-8-12-32(24-30)41(52)49-28-31-11-9-13-33(25-31)42(53)54)23-22-45(6)35(40(34)47)14-15-37-44(5)19-18-38(50)43(3,4)36(44)17-20-46(37,45)7/h8-13,24-25,34-38,40,50H,1,14-23,26-28H2,2-7H3,(H,48,51)(H,49,52)(H,53,54)/t34-,35?,36?,37?,38-,40?,44-,45+,46+,47+/m0/s1. The van der Waals surface area contributed by atoms with Gasteiger partial charge in [-0.25, -0.2) is 4.79 Å². The van der Waals surface area contributed by atoms with E-state index in [-0.39, 0.29) is 57.1 Å². The molecule has 0 bridgehead atoms. The lowest BCUT2D eigenvalue weighted by molar-refractivity contribution is -0.247. The predicted molar refractivity (Wildman–Crippen MR) is 212 cm³/mol. The van der Waals surface area contributed by atoms with Gasteiger partial charge in [0.2, 0.25) is 5.91 Å². The number of aliphatic hydroxyl groups excluding tert-OH is 1. The first-order chi connectivity index (χ1) is 25.4. The van der Waals surface area contributed by atoms with Gasteiger partial charge >= 0.3 is 5.97 Å². The maximum absolute atomic E-state index is 14.0. The van der Waals surface area contributed by atoms with Gasteiger partial charge in [0.25, 0.3) is 5.91 Å². The zero-order valence-corrected chi connectivity index (χ0v) is 33.6. The molecule has 7 nitrogen and oxygen atoms in total. The van der Waals surface area contributed by atoms with E-state index in [9.17, 15) is 24.6 Å². The molecular weight excluding hydrogens is 673 g/mol. The smallest absolute Gasteiger partial charge is 0.335 e. The number of carbonyl (C=O) groups excluding carboxylic acids is 2. The van der Waals surface area contributed by atoms with Crippen LogP contribution >= 0.6 is 0 Å². The van der Waals surface area contributed by atoms with Crippen molar-refractivity contribution in [2.45, 2.75) is 131 Å². The van der Waals surface area contributed by atoms with E-state index in [0.717, 1.165) is 37.7 Å². The molecule has 4 unspecified atom stereocenters. The number of benzene rings is 2. The number of nitrogens with one attached hydrogen (secondary N) is 2. The molecule has 5 saturated carbocycles. The summed E-state index contributed by atoms with van der Waals surface area (Å²) in [4.78, 5) is 38.4. The van der Waals surface area contributed by atoms with Crippen LogP contribution in [0.25, 0.3) is 0 Å². The molecule has 2 aromatic carbocycles.